The van der Waals surface area contributed by atoms with Crippen molar-refractivity contribution in [2.45, 2.75) is 25.7 Å². The molecule has 0 atom stereocenters. The minimum absolute atomic E-state index is 0.346. The number of halogens is 1. The molecule has 0 bridgehead atoms. The molecule has 4 heteroatoms. The number of nitrogens with one attached hydrogen (secondary N) is 1. The number of phenolic OH excluding ortho intramolecular Hbond substituents is 1. The van der Waals surface area contributed by atoms with E-state index in [2.05, 4.69) is 33.4 Å². The number of phenols is 1. The average molecular weight is 371 g/mol. The Hall–Kier alpha value is -1.65. The monoisotopic (exact) mass is 370 g/mol. The summed E-state index contributed by atoms with van der Waals surface area (Å²) in [5.41, 5.74) is 7.65. The number of piperidine rings is 1. The number of aryl methyl sites for hydroxylation is 2. The predicted molar refractivity (Wildman–Crippen MR) is 95.6 cm³/mol. The van der Waals surface area contributed by atoms with Gasteiger partial charge >= 0.3 is 0 Å². The van der Waals surface area contributed by atoms with Crippen molar-refractivity contribution in [3.8, 4) is 5.75 Å². The molecule has 1 aromatic heterocycles. The van der Waals surface area contributed by atoms with E-state index in [1.54, 1.807) is 6.07 Å². The van der Waals surface area contributed by atoms with Gasteiger partial charge in [-0.05, 0) is 89.6 Å². The van der Waals surface area contributed by atoms with Crippen LogP contribution < -0.4 is 5.32 Å². The number of pyridine rings is 1. The second-order valence-electron chi connectivity index (χ2n) is 6.23. The third kappa shape index (κ3) is 2.81. The van der Waals surface area contributed by atoms with E-state index in [4.69, 9.17) is 4.98 Å². The van der Waals surface area contributed by atoms with Crippen molar-refractivity contribution in [3.05, 3.63) is 62.9 Å². The molecule has 0 unspecified atom stereocenters. The SMILES string of the molecule is Oc1ccc2c(c1)CCc1cc(Br)cnc1C2=C1CCNCC1. The van der Waals surface area contributed by atoms with Gasteiger partial charge in [0, 0.05) is 16.2 Å². The second-order valence-corrected chi connectivity index (χ2v) is 7.15. The molecule has 0 saturated carbocycles. The summed E-state index contributed by atoms with van der Waals surface area (Å²) in [7, 11) is 0. The van der Waals surface area contributed by atoms with Crippen molar-refractivity contribution in [2.75, 3.05) is 13.1 Å². The molecule has 3 nitrogen and oxygen atoms in total. The predicted octanol–water partition coefficient (Wildman–Crippen LogP) is 3.83. The molecular formula is C19H19BrN2O. The van der Waals surface area contributed by atoms with E-state index in [0.717, 1.165) is 48.9 Å². The minimum Gasteiger partial charge on any atom is -0.508 e. The molecule has 2 aromatic rings. The average Bonchev–Trinajstić information content (AvgIpc) is 2.72. The molecule has 1 fully saturated rings. The van der Waals surface area contributed by atoms with E-state index in [1.165, 1.54) is 27.8 Å². The van der Waals surface area contributed by atoms with E-state index in [-0.39, 0.29) is 0 Å². The number of benzene rings is 1. The van der Waals surface area contributed by atoms with E-state index >= 15 is 0 Å². The van der Waals surface area contributed by atoms with Crippen molar-refractivity contribution >= 4 is 21.5 Å². The van der Waals surface area contributed by atoms with Gasteiger partial charge in [0.25, 0.3) is 0 Å². The van der Waals surface area contributed by atoms with E-state index in [1.807, 2.05) is 12.3 Å². The lowest BCUT2D eigenvalue weighted by atomic mass is 9.89. The van der Waals surface area contributed by atoms with Gasteiger partial charge in [-0.25, -0.2) is 0 Å². The zero-order valence-corrected chi connectivity index (χ0v) is 14.5. The van der Waals surface area contributed by atoms with Crippen molar-refractivity contribution < 1.29 is 5.11 Å². The molecular weight excluding hydrogens is 352 g/mol. The molecule has 1 aromatic carbocycles. The molecule has 118 valence electrons. The molecule has 2 N–H and O–H groups in total. The van der Waals surface area contributed by atoms with Crippen LogP contribution in [0.1, 0.15) is 35.2 Å². The molecule has 1 aliphatic heterocycles. The summed E-state index contributed by atoms with van der Waals surface area (Å²) < 4.78 is 1.03. The smallest absolute Gasteiger partial charge is 0.115 e. The number of aromatic hydroxyl groups is 1. The summed E-state index contributed by atoms with van der Waals surface area (Å²) >= 11 is 3.55. The van der Waals surface area contributed by atoms with Gasteiger partial charge in [0.1, 0.15) is 5.75 Å². The minimum atomic E-state index is 0.346. The molecule has 1 saturated heterocycles. The van der Waals surface area contributed by atoms with Gasteiger partial charge < -0.3 is 10.4 Å². The fraction of sp³-hybridized carbons (Fsp3) is 0.316. The summed E-state index contributed by atoms with van der Waals surface area (Å²) in [6.45, 7) is 2.05. The third-order valence-electron chi connectivity index (χ3n) is 4.75. The molecule has 23 heavy (non-hydrogen) atoms. The van der Waals surface area contributed by atoms with Crippen molar-refractivity contribution in [3.63, 3.8) is 0 Å². The summed E-state index contributed by atoms with van der Waals surface area (Å²) in [4.78, 5) is 4.77. The molecule has 1 aliphatic carbocycles. The number of nitrogens with zero attached hydrogens (tertiary/aromatic N) is 1. The van der Waals surface area contributed by atoms with Crippen LogP contribution in [0.25, 0.3) is 5.57 Å². The van der Waals surface area contributed by atoms with Gasteiger partial charge in [-0.1, -0.05) is 11.6 Å². The first-order valence-electron chi connectivity index (χ1n) is 8.12. The van der Waals surface area contributed by atoms with Gasteiger partial charge in [-0.2, -0.15) is 0 Å². The first-order chi connectivity index (χ1) is 11.2. The number of aromatic nitrogens is 1. The van der Waals surface area contributed by atoms with Gasteiger partial charge in [-0.15, -0.1) is 0 Å². The van der Waals surface area contributed by atoms with Gasteiger partial charge in [0.2, 0.25) is 0 Å². The van der Waals surface area contributed by atoms with Crippen LogP contribution in [0.2, 0.25) is 0 Å². The number of fused-ring (bicyclic) bond motifs is 2. The van der Waals surface area contributed by atoms with Crippen LogP contribution in [0, 0.1) is 0 Å². The highest BCUT2D eigenvalue weighted by Gasteiger charge is 2.23. The molecule has 0 spiro atoms. The zero-order valence-electron chi connectivity index (χ0n) is 12.9. The fourth-order valence-electron chi connectivity index (χ4n) is 3.66. The number of rotatable bonds is 0. The Balaban J connectivity index is 1.98. The van der Waals surface area contributed by atoms with Crippen LogP contribution in [-0.4, -0.2) is 23.2 Å². The van der Waals surface area contributed by atoms with Crippen LogP contribution in [0.5, 0.6) is 5.75 Å². The summed E-state index contributed by atoms with van der Waals surface area (Å²) in [6.07, 6.45) is 5.91. The maximum absolute atomic E-state index is 9.89. The van der Waals surface area contributed by atoms with Crippen LogP contribution >= 0.6 is 15.9 Å². The Morgan fingerprint density at radius 1 is 1.00 bits per heavy atom. The standard InChI is InChI=1S/C19H19BrN2O/c20-15-9-14-2-1-13-10-16(23)3-4-17(13)18(19(14)22-11-15)12-5-7-21-8-6-12/h3-4,9-11,21,23H,1-2,5-8H2. The Kier molecular flexibility index (Phi) is 3.95. The van der Waals surface area contributed by atoms with Crippen LogP contribution in [0.15, 0.2) is 40.5 Å². The lowest BCUT2D eigenvalue weighted by Crippen LogP contribution is -2.24. The lowest BCUT2D eigenvalue weighted by molar-refractivity contribution is 0.474. The molecule has 0 amide bonds. The number of hydrogen-bond acceptors (Lipinski definition) is 3. The van der Waals surface area contributed by atoms with Gasteiger partial charge in [0.05, 0.1) is 5.69 Å². The highest BCUT2D eigenvalue weighted by molar-refractivity contribution is 9.10. The van der Waals surface area contributed by atoms with Crippen LogP contribution in [0.4, 0.5) is 0 Å². The van der Waals surface area contributed by atoms with E-state index in [0.29, 0.717) is 5.75 Å². The van der Waals surface area contributed by atoms with Crippen molar-refractivity contribution in [2.24, 2.45) is 0 Å². The summed E-state index contributed by atoms with van der Waals surface area (Å²) in [6, 6.07) is 7.96. The molecule has 2 heterocycles. The van der Waals surface area contributed by atoms with Crippen LogP contribution in [-0.2, 0) is 12.8 Å². The van der Waals surface area contributed by atoms with E-state index in [9.17, 15) is 5.11 Å². The Morgan fingerprint density at radius 2 is 1.78 bits per heavy atom. The Morgan fingerprint density at radius 3 is 2.61 bits per heavy atom. The maximum atomic E-state index is 9.89. The van der Waals surface area contributed by atoms with Gasteiger partial charge in [-0.3, -0.25) is 4.98 Å². The first-order valence-corrected chi connectivity index (χ1v) is 8.91. The third-order valence-corrected chi connectivity index (χ3v) is 5.19. The van der Waals surface area contributed by atoms with Gasteiger partial charge in [0.15, 0.2) is 0 Å². The Labute approximate surface area is 144 Å². The molecule has 4 rings (SSSR count). The largest absolute Gasteiger partial charge is 0.508 e. The maximum Gasteiger partial charge on any atom is 0.115 e. The highest BCUT2D eigenvalue weighted by atomic mass is 79.9. The van der Waals surface area contributed by atoms with E-state index < -0.39 is 0 Å². The van der Waals surface area contributed by atoms with Crippen molar-refractivity contribution in [1.29, 1.82) is 0 Å². The van der Waals surface area contributed by atoms with Crippen molar-refractivity contribution in [1.82, 2.24) is 10.3 Å². The van der Waals surface area contributed by atoms with Crippen LogP contribution in [0.3, 0.4) is 0 Å². The summed E-state index contributed by atoms with van der Waals surface area (Å²) in [5.74, 6) is 0.346. The molecule has 0 radical (unpaired) electrons. The second kappa shape index (κ2) is 6.10. The zero-order chi connectivity index (χ0) is 15.8. The Bertz CT molecular complexity index is 734. The quantitative estimate of drug-likeness (QED) is 0.740. The first kappa shape index (κ1) is 14.9. The topological polar surface area (TPSA) is 45.2 Å². The normalized spacial score (nSPS) is 17.4. The molecule has 2 aliphatic rings. The lowest BCUT2D eigenvalue weighted by Gasteiger charge is -2.22. The number of hydrogen-bond donors (Lipinski definition) is 2. The highest BCUT2D eigenvalue weighted by Crippen LogP contribution is 2.38. The summed E-state index contributed by atoms with van der Waals surface area (Å²) in [5, 5.41) is 13.3. The fourth-order valence-corrected chi connectivity index (χ4v) is 4.04.